The lowest BCUT2D eigenvalue weighted by Gasteiger charge is -2.26. The normalized spacial score (nSPS) is 22.9. The quantitative estimate of drug-likeness (QED) is 0.492. The second-order valence-electron chi connectivity index (χ2n) is 5.91. The Hall–Kier alpha value is -1.22. The predicted octanol–water partition coefficient (Wildman–Crippen LogP) is 5.33. The lowest BCUT2D eigenvalue weighted by Crippen LogP contribution is -2.11. The fourth-order valence-corrected chi connectivity index (χ4v) is 3.13. The van der Waals surface area contributed by atoms with Gasteiger partial charge in [-0.15, -0.1) is 12.3 Å². The predicted molar refractivity (Wildman–Crippen MR) is 83.2 cm³/mol. The van der Waals surface area contributed by atoms with Gasteiger partial charge in [-0.3, -0.25) is 0 Å². The maximum Gasteiger partial charge on any atom is 0.0200 e. The SMILES string of the molecule is C#CC1CCC(c2ccc(CCCCC)cc2)CC1. The van der Waals surface area contributed by atoms with Gasteiger partial charge in [0.15, 0.2) is 0 Å². The Labute approximate surface area is 118 Å². The van der Waals surface area contributed by atoms with Gasteiger partial charge in [0.25, 0.3) is 0 Å². The zero-order valence-corrected chi connectivity index (χ0v) is 12.2. The minimum absolute atomic E-state index is 0.532. The summed E-state index contributed by atoms with van der Waals surface area (Å²) in [6, 6.07) is 9.36. The van der Waals surface area contributed by atoms with Crippen LogP contribution in [0.4, 0.5) is 0 Å². The lowest BCUT2D eigenvalue weighted by molar-refractivity contribution is 0.385. The molecule has 1 aromatic rings. The van der Waals surface area contributed by atoms with E-state index in [9.17, 15) is 0 Å². The van der Waals surface area contributed by atoms with Crippen molar-refractivity contribution in [1.82, 2.24) is 0 Å². The van der Waals surface area contributed by atoms with E-state index in [1.807, 2.05) is 0 Å². The Morgan fingerprint density at radius 2 is 1.74 bits per heavy atom. The summed E-state index contributed by atoms with van der Waals surface area (Å²) < 4.78 is 0. The first kappa shape index (κ1) is 14.2. The van der Waals surface area contributed by atoms with Crippen molar-refractivity contribution < 1.29 is 0 Å². The van der Waals surface area contributed by atoms with E-state index >= 15 is 0 Å². The topological polar surface area (TPSA) is 0 Å². The number of hydrogen-bond donors (Lipinski definition) is 0. The van der Waals surface area contributed by atoms with E-state index in [2.05, 4.69) is 37.1 Å². The van der Waals surface area contributed by atoms with Crippen LogP contribution in [0.1, 0.15) is 68.9 Å². The highest BCUT2D eigenvalue weighted by Crippen LogP contribution is 2.35. The monoisotopic (exact) mass is 254 g/mol. The molecule has 1 aromatic carbocycles. The van der Waals surface area contributed by atoms with Crippen LogP contribution in [0.25, 0.3) is 0 Å². The van der Waals surface area contributed by atoms with Crippen molar-refractivity contribution in [2.24, 2.45) is 5.92 Å². The molecule has 1 aliphatic carbocycles. The third-order valence-corrected chi connectivity index (χ3v) is 4.48. The van der Waals surface area contributed by atoms with Crippen LogP contribution in [0.2, 0.25) is 0 Å². The molecule has 2 rings (SSSR count). The Morgan fingerprint density at radius 3 is 2.32 bits per heavy atom. The molecule has 0 N–H and O–H groups in total. The maximum absolute atomic E-state index is 5.52. The van der Waals surface area contributed by atoms with Crippen molar-refractivity contribution >= 4 is 0 Å². The van der Waals surface area contributed by atoms with Crippen LogP contribution < -0.4 is 0 Å². The van der Waals surface area contributed by atoms with Crippen LogP contribution >= 0.6 is 0 Å². The van der Waals surface area contributed by atoms with Gasteiger partial charge in [0, 0.05) is 5.92 Å². The molecule has 0 aromatic heterocycles. The van der Waals surface area contributed by atoms with Gasteiger partial charge < -0.3 is 0 Å². The third-order valence-electron chi connectivity index (χ3n) is 4.48. The molecule has 0 saturated heterocycles. The van der Waals surface area contributed by atoms with Crippen molar-refractivity contribution in [3.05, 3.63) is 35.4 Å². The van der Waals surface area contributed by atoms with Crippen molar-refractivity contribution in [2.45, 2.75) is 64.2 Å². The molecular formula is C19H26. The average molecular weight is 254 g/mol. The van der Waals surface area contributed by atoms with Crippen molar-refractivity contribution in [3.8, 4) is 12.3 Å². The summed E-state index contributed by atoms with van der Waals surface area (Å²) in [4.78, 5) is 0. The second kappa shape index (κ2) is 7.39. The lowest BCUT2D eigenvalue weighted by atomic mass is 9.79. The molecule has 0 aliphatic heterocycles. The molecule has 0 heteroatoms. The van der Waals surface area contributed by atoms with Gasteiger partial charge in [-0.2, -0.15) is 0 Å². The number of unbranched alkanes of at least 4 members (excludes halogenated alkanes) is 2. The number of rotatable bonds is 5. The molecule has 0 unspecified atom stereocenters. The number of aryl methyl sites for hydroxylation is 1. The molecule has 1 aliphatic rings. The summed E-state index contributed by atoms with van der Waals surface area (Å²) >= 11 is 0. The number of hydrogen-bond acceptors (Lipinski definition) is 0. The molecule has 0 spiro atoms. The second-order valence-corrected chi connectivity index (χ2v) is 5.91. The fourth-order valence-electron chi connectivity index (χ4n) is 3.13. The van der Waals surface area contributed by atoms with Crippen molar-refractivity contribution in [2.75, 3.05) is 0 Å². The summed E-state index contributed by atoms with van der Waals surface area (Å²) in [5, 5.41) is 0. The summed E-state index contributed by atoms with van der Waals surface area (Å²) in [5.41, 5.74) is 3.02. The first-order valence-corrected chi connectivity index (χ1v) is 7.88. The average Bonchev–Trinajstić information content (AvgIpc) is 2.48. The Morgan fingerprint density at radius 1 is 1.05 bits per heavy atom. The zero-order valence-electron chi connectivity index (χ0n) is 12.2. The van der Waals surface area contributed by atoms with E-state index in [0.717, 1.165) is 5.92 Å². The fraction of sp³-hybridized carbons (Fsp3) is 0.579. The van der Waals surface area contributed by atoms with Crippen molar-refractivity contribution in [1.29, 1.82) is 0 Å². The van der Waals surface area contributed by atoms with Crippen LogP contribution in [-0.4, -0.2) is 0 Å². The molecule has 0 heterocycles. The summed E-state index contributed by atoms with van der Waals surface area (Å²) in [5.74, 6) is 4.19. The summed E-state index contributed by atoms with van der Waals surface area (Å²) in [6.45, 7) is 2.26. The Balaban J connectivity index is 1.86. The molecule has 0 nitrogen and oxygen atoms in total. The largest absolute Gasteiger partial charge is 0.120 e. The van der Waals surface area contributed by atoms with Crippen LogP contribution in [0.3, 0.4) is 0 Å². The Bertz CT molecular complexity index is 399. The highest BCUT2D eigenvalue weighted by atomic mass is 14.2. The van der Waals surface area contributed by atoms with Crippen LogP contribution in [0.15, 0.2) is 24.3 Å². The van der Waals surface area contributed by atoms with E-state index in [0.29, 0.717) is 5.92 Å². The number of terminal acetylenes is 1. The molecule has 0 atom stereocenters. The van der Waals surface area contributed by atoms with Crippen molar-refractivity contribution in [3.63, 3.8) is 0 Å². The first-order chi connectivity index (χ1) is 9.33. The molecular weight excluding hydrogens is 228 g/mol. The zero-order chi connectivity index (χ0) is 13.5. The summed E-state index contributed by atoms with van der Waals surface area (Å²) in [6.07, 6.45) is 15.7. The van der Waals surface area contributed by atoms with Gasteiger partial charge in [0.05, 0.1) is 0 Å². The van der Waals surface area contributed by atoms with E-state index in [-0.39, 0.29) is 0 Å². The van der Waals surface area contributed by atoms with Crippen LogP contribution in [0, 0.1) is 18.3 Å². The molecule has 0 amide bonds. The van der Waals surface area contributed by atoms with Gasteiger partial charge in [-0.25, -0.2) is 0 Å². The molecule has 102 valence electrons. The minimum Gasteiger partial charge on any atom is -0.120 e. The van der Waals surface area contributed by atoms with Gasteiger partial charge in [0.1, 0.15) is 0 Å². The van der Waals surface area contributed by atoms with Crippen LogP contribution in [-0.2, 0) is 6.42 Å². The maximum atomic E-state index is 5.52. The molecule has 19 heavy (non-hydrogen) atoms. The van der Waals surface area contributed by atoms with Crippen LogP contribution in [0.5, 0.6) is 0 Å². The molecule has 1 saturated carbocycles. The third kappa shape index (κ3) is 4.13. The number of benzene rings is 1. The standard InChI is InChI=1S/C19H26/c1-3-5-6-7-17-10-14-19(15-11-17)18-12-8-16(4-2)9-13-18/h2,10-11,14-16,18H,3,5-9,12-13H2,1H3. The molecule has 0 bridgehead atoms. The van der Waals surface area contributed by atoms with E-state index in [1.54, 1.807) is 0 Å². The molecule has 1 fully saturated rings. The molecule has 0 radical (unpaired) electrons. The van der Waals surface area contributed by atoms with Gasteiger partial charge >= 0.3 is 0 Å². The Kier molecular flexibility index (Phi) is 5.52. The minimum atomic E-state index is 0.532. The highest BCUT2D eigenvalue weighted by molar-refractivity contribution is 5.26. The first-order valence-electron chi connectivity index (χ1n) is 7.88. The van der Waals surface area contributed by atoms with Gasteiger partial charge in [-0.05, 0) is 55.6 Å². The van der Waals surface area contributed by atoms with Gasteiger partial charge in [0.2, 0.25) is 0 Å². The van der Waals surface area contributed by atoms with Gasteiger partial charge in [-0.1, -0.05) is 44.0 Å². The highest BCUT2D eigenvalue weighted by Gasteiger charge is 2.20. The van der Waals surface area contributed by atoms with E-state index < -0.39 is 0 Å². The van der Waals surface area contributed by atoms with E-state index in [4.69, 9.17) is 6.42 Å². The smallest absolute Gasteiger partial charge is 0.0200 e. The summed E-state index contributed by atoms with van der Waals surface area (Å²) in [7, 11) is 0. The van der Waals surface area contributed by atoms with E-state index in [1.165, 1.54) is 62.5 Å².